The summed E-state index contributed by atoms with van der Waals surface area (Å²) in [5, 5.41) is 10.0. The zero-order chi connectivity index (χ0) is 11.6. The van der Waals surface area contributed by atoms with Gasteiger partial charge in [0.15, 0.2) is 0 Å². The molecule has 2 heteroatoms. The van der Waals surface area contributed by atoms with Crippen molar-refractivity contribution in [2.24, 2.45) is 11.3 Å². The average molecular weight is 213 g/mol. The fraction of sp³-hybridized carbons (Fsp3) is 1.00. The Balaban J connectivity index is 2.57. The molecule has 1 aliphatic rings. The number of rotatable bonds is 3. The molecule has 0 amide bonds. The lowest BCUT2D eigenvalue weighted by Gasteiger charge is -2.43. The molecule has 2 unspecified atom stereocenters. The minimum absolute atomic E-state index is 0.123. The van der Waals surface area contributed by atoms with Crippen LogP contribution >= 0.6 is 0 Å². The maximum Gasteiger partial charge on any atom is 0.0695 e. The van der Waals surface area contributed by atoms with Gasteiger partial charge in [0.05, 0.1) is 6.10 Å². The van der Waals surface area contributed by atoms with Crippen LogP contribution in [0.1, 0.15) is 47.0 Å². The highest BCUT2D eigenvalue weighted by atomic mass is 16.3. The number of hydrogen-bond acceptors (Lipinski definition) is 2. The molecular formula is C13H27NO. The van der Waals surface area contributed by atoms with Gasteiger partial charge in [0, 0.05) is 12.6 Å². The number of aliphatic hydroxyl groups excluding tert-OH is 1. The summed E-state index contributed by atoms with van der Waals surface area (Å²) in [5.74, 6) is 0.673. The van der Waals surface area contributed by atoms with Crippen LogP contribution in [0.25, 0.3) is 0 Å². The predicted octanol–water partition coefficient (Wildman–Crippen LogP) is 2.51. The van der Waals surface area contributed by atoms with Gasteiger partial charge in [0.1, 0.15) is 0 Å². The van der Waals surface area contributed by atoms with Gasteiger partial charge in [0.25, 0.3) is 0 Å². The van der Waals surface area contributed by atoms with Crippen molar-refractivity contribution in [3.63, 3.8) is 0 Å². The summed E-state index contributed by atoms with van der Waals surface area (Å²) in [5.41, 5.74) is 0.398. The fourth-order valence-corrected chi connectivity index (χ4v) is 2.70. The summed E-state index contributed by atoms with van der Waals surface area (Å²) in [7, 11) is 2.15. The van der Waals surface area contributed by atoms with Gasteiger partial charge in [0.2, 0.25) is 0 Å². The van der Waals surface area contributed by atoms with E-state index in [-0.39, 0.29) is 6.10 Å². The molecule has 0 heterocycles. The molecule has 1 rings (SSSR count). The van der Waals surface area contributed by atoms with Gasteiger partial charge >= 0.3 is 0 Å². The van der Waals surface area contributed by atoms with Crippen LogP contribution in [0.5, 0.6) is 0 Å². The maximum absolute atomic E-state index is 10.0. The Morgan fingerprint density at radius 2 is 2.00 bits per heavy atom. The van der Waals surface area contributed by atoms with E-state index in [4.69, 9.17) is 0 Å². The Kier molecular flexibility index (Phi) is 4.19. The molecule has 90 valence electrons. The van der Waals surface area contributed by atoms with Gasteiger partial charge in [-0.25, -0.2) is 0 Å². The van der Waals surface area contributed by atoms with E-state index in [1.807, 2.05) is 0 Å². The zero-order valence-corrected chi connectivity index (χ0v) is 11.0. The van der Waals surface area contributed by atoms with E-state index in [0.29, 0.717) is 17.4 Å². The standard InChI is InChI=1S/C13H27NO/c1-10(2)9-14(5)11-8-13(3,4)7-6-12(11)15/h10-12,15H,6-9H2,1-5H3. The van der Waals surface area contributed by atoms with Gasteiger partial charge in [-0.15, -0.1) is 0 Å². The highest BCUT2D eigenvalue weighted by Gasteiger charge is 2.35. The first-order valence-electron chi connectivity index (χ1n) is 6.20. The molecule has 0 radical (unpaired) electrons. The van der Waals surface area contributed by atoms with E-state index in [2.05, 4.69) is 39.6 Å². The second-order valence-corrected chi connectivity index (χ2v) is 6.38. The summed E-state index contributed by atoms with van der Waals surface area (Å²) in [6.07, 6.45) is 3.11. The van der Waals surface area contributed by atoms with Crippen LogP contribution in [-0.4, -0.2) is 35.7 Å². The summed E-state index contributed by atoms with van der Waals surface area (Å²) >= 11 is 0. The molecule has 2 atom stereocenters. The largest absolute Gasteiger partial charge is 0.391 e. The van der Waals surface area contributed by atoms with Crippen molar-refractivity contribution in [2.75, 3.05) is 13.6 Å². The number of likely N-dealkylation sites (N-methyl/N-ethyl adjacent to an activating group) is 1. The summed E-state index contributed by atoms with van der Waals surface area (Å²) in [6.45, 7) is 10.2. The van der Waals surface area contributed by atoms with Gasteiger partial charge in [-0.2, -0.15) is 0 Å². The Morgan fingerprint density at radius 3 is 2.53 bits per heavy atom. The summed E-state index contributed by atoms with van der Waals surface area (Å²) in [4.78, 5) is 2.34. The van der Waals surface area contributed by atoms with Crippen molar-refractivity contribution in [1.82, 2.24) is 4.90 Å². The zero-order valence-electron chi connectivity index (χ0n) is 11.0. The van der Waals surface area contributed by atoms with Crippen molar-refractivity contribution < 1.29 is 5.11 Å². The normalized spacial score (nSPS) is 31.2. The predicted molar refractivity (Wildman–Crippen MR) is 64.9 cm³/mol. The smallest absolute Gasteiger partial charge is 0.0695 e. The molecule has 2 nitrogen and oxygen atoms in total. The van der Waals surface area contributed by atoms with Crippen LogP contribution in [0.3, 0.4) is 0 Å². The van der Waals surface area contributed by atoms with E-state index in [9.17, 15) is 5.11 Å². The van der Waals surface area contributed by atoms with Gasteiger partial charge in [-0.1, -0.05) is 27.7 Å². The van der Waals surface area contributed by atoms with E-state index in [1.165, 1.54) is 0 Å². The van der Waals surface area contributed by atoms with Crippen molar-refractivity contribution in [1.29, 1.82) is 0 Å². The molecule has 0 spiro atoms. The van der Waals surface area contributed by atoms with Crippen molar-refractivity contribution in [3.05, 3.63) is 0 Å². The Labute approximate surface area is 94.7 Å². The maximum atomic E-state index is 10.0. The highest BCUT2D eigenvalue weighted by molar-refractivity contribution is 4.89. The number of nitrogens with zero attached hydrogens (tertiary/aromatic N) is 1. The third kappa shape index (κ3) is 3.76. The van der Waals surface area contributed by atoms with Gasteiger partial charge in [-0.05, 0) is 37.6 Å². The Hall–Kier alpha value is -0.0800. The summed E-state index contributed by atoms with van der Waals surface area (Å²) < 4.78 is 0. The van der Waals surface area contributed by atoms with Gasteiger partial charge < -0.3 is 10.0 Å². The molecule has 1 aliphatic carbocycles. The first kappa shape index (κ1) is 13.0. The molecular weight excluding hydrogens is 186 g/mol. The van der Waals surface area contributed by atoms with Crippen LogP contribution in [0, 0.1) is 11.3 Å². The molecule has 0 bridgehead atoms. The minimum Gasteiger partial charge on any atom is -0.391 e. The van der Waals surface area contributed by atoms with E-state index in [1.54, 1.807) is 0 Å². The van der Waals surface area contributed by atoms with Crippen molar-refractivity contribution in [3.8, 4) is 0 Å². The van der Waals surface area contributed by atoms with Crippen molar-refractivity contribution >= 4 is 0 Å². The number of aliphatic hydroxyl groups is 1. The van der Waals surface area contributed by atoms with Gasteiger partial charge in [-0.3, -0.25) is 0 Å². The van der Waals surface area contributed by atoms with E-state index < -0.39 is 0 Å². The Bertz CT molecular complexity index is 201. The lowest BCUT2D eigenvalue weighted by Crippen LogP contribution is -2.48. The second-order valence-electron chi connectivity index (χ2n) is 6.38. The van der Waals surface area contributed by atoms with Crippen LogP contribution in [0.15, 0.2) is 0 Å². The van der Waals surface area contributed by atoms with Crippen LogP contribution < -0.4 is 0 Å². The lowest BCUT2D eigenvalue weighted by molar-refractivity contribution is -0.0107. The SMILES string of the molecule is CC(C)CN(C)C1CC(C)(C)CCC1O. The molecule has 0 aromatic carbocycles. The highest BCUT2D eigenvalue weighted by Crippen LogP contribution is 2.37. The first-order valence-corrected chi connectivity index (χ1v) is 6.20. The van der Waals surface area contributed by atoms with Crippen LogP contribution in [-0.2, 0) is 0 Å². The molecule has 0 aromatic rings. The molecule has 15 heavy (non-hydrogen) atoms. The Morgan fingerprint density at radius 1 is 1.40 bits per heavy atom. The molecule has 1 fully saturated rings. The van der Waals surface area contributed by atoms with Crippen molar-refractivity contribution in [2.45, 2.75) is 59.1 Å². The molecule has 0 aromatic heterocycles. The lowest BCUT2D eigenvalue weighted by atomic mass is 9.73. The third-order valence-corrected chi connectivity index (χ3v) is 3.54. The molecule has 0 aliphatic heterocycles. The molecule has 0 saturated heterocycles. The second kappa shape index (κ2) is 4.84. The quantitative estimate of drug-likeness (QED) is 0.778. The summed E-state index contributed by atoms with van der Waals surface area (Å²) in [6, 6.07) is 0.358. The van der Waals surface area contributed by atoms with Crippen LogP contribution in [0.4, 0.5) is 0 Å². The topological polar surface area (TPSA) is 23.5 Å². The third-order valence-electron chi connectivity index (χ3n) is 3.54. The minimum atomic E-state index is -0.123. The molecule has 1 saturated carbocycles. The van der Waals surface area contributed by atoms with Crippen LogP contribution in [0.2, 0.25) is 0 Å². The van der Waals surface area contributed by atoms with E-state index in [0.717, 1.165) is 25.8 Å². The number of hydrogen-bond donors (Lipinski definition) is 1. The fourth-order valence-electron chi connectivity index (χ4n) is 2.70. The molecule has 1 N–H and O–H groups in total. The monoisotopic (exact) mass is 213 g/mol. The average Bonchev–Trinajstić information content (AvgIpc) is 2.08. The van der Waals surface area contributed by atoms with E-state index >= 15 is 0 Å². The first-order chi connectivity index (χ1) is 6.82.